The van der Waals surface area contributed by atoms with E-state index in [2.05, 4.69) is 33.3 Å². The van der Waals surface area contributed by atoms with Crippen molar-refractivity contribution in [2.75, 3.05) is 13.7 Å². The highest BCUT2D eigenvalue weighted by Crippen LogP contribution is 2.15. The van der Waals surface area contributed by atoms with Crippen molar-refractivity contribution in [1.82, 2.24) is 15.1 Å². The normalized spacial score (nSPS) is 14.5. The second kappa shape index (κ2) is 6.88. The van der Waals surface area contributed by atoms with Crippen LogP contribution in [0.4, 0.5) is 0 Å². The largest absolute Gasteiger partial charge is 0.468 e. The van der Waals surface area contributed by atoms with E-state index in [1.165, 1.54) is 0 Å². The van der Waals surface area contributed by atoms with Crippen molar-refractivity contribution in [3.05, 3.63) is 41.0 Å². The highest BCUT2D eigenvalue weighted by molar-refractivity contribution is 9.10. The molecule has 0 bridgehead atoms. The van der Waals surface area contributed by atoms with Gasteiger partial charge in [0.25, 0.3) is 0 Å². The SMILES string of the molecule is COC[C@@H](N[C@@H](C)Cn1cc(Br)cn1)c1ccco1. The summed E-state index contributed by atoms with van der Waals surface area (Å²) in [6.07, 6.45) is 5.41. The van der Waals surface area contributed by atoms with Crippen LogP contribution in [-0.2, 0) is 11.3 Å². The zero-order chi connectivity index (χ0) is 13.7. The molecule has 0 saturated heterocycles. The van der Waals surface area contributed by atoms with Crippen LogP contribution in [-0.4, -0.2) is 29.5 Å². The van der Waals surface area contributed by atoms with E-state index in [1.54, 1.807) is 19.6 Å². The molecule has 0 aromatic carbocycles. The third kappa shape index (κ3) is 4.19. The van der Waals surface area contributed by atoms with Gasteiger partial charge in [0.05, 0.1) is 36.1 Å². The quantitative estimate of drug-likeness (QED) is 0.849. The van der Waals surface area contributed by atoms with Gasteiger partial charge in [0.1, 0.15) is 5.76 Å². The Morgan fingerprint density at radius 1 is 1.58 bits per heavy atom. The van der Waals surface area contributed by atoms with E-state index in [0.29, 0.717) is 6.61 Å². The maximum absolute atomic E-state index is 5.43. The molecule has 0 unspecified atom stereocenters. The first kappa shape index (κ1) is 14.3. The highest BCUT2D eigenvalue weighted by Gasteiger charge is 2.17. The third-order valence-electron chi connectivity index (χ3n) is 2.77. The molecular formula is C13H18BrN3O2. The average Bonchev–Trinajstić information content (AvgIpc) is 3.00. The topological polar surface area (TPSA) is 52.2 Å². The summed E-state index contributed by atoms with van der Waals surface area (Å²) in [5, 5.41) is 7.73. The van der Waals surface area contributed by atoms with Crippen molar-refractivity contribution in [3.8, 4) is 0 Å². The predicted octanol–water partition coefficient (Wildman–Crippen LogP) is 2.60. The van der Waals surface area contributed by atoms with Crippen LogP contribution in [0.15, 0.2) is 39.7 Å². The zero-order valence-electron chi connectivity index (χ0n) is 11.0. The van der Waals surface area contributed by atoms with Crippen molar-refractivity contribution in [3.63, 3.8) is 0 Å². The zero-order valence-corrected chi connectivity index (χ0v) is 12.6. The molecule has 0 aliphatic carbocycles. The van der Waals surface area contributed by atoms with Crippen molar-refractivity contribution in [1.29, 1.82) is 0 Å². The number of nitrogens with one attached hydrogen (secondary N) is 1. The molecule has 0 fully saturated rings. The Morgan fingerprint density at radius 2 is 2.42 bits per heavy atom. The molecule has 2 aromatic rings. The fourth-order valence-corrected chi connectivity index (χ4v) is 2.31. The van der Waals surface area contributed by atoms with Crippen LogP contribution in [0.25, 0.3) is 0 Å². The molecule has 19 heavy (non-hydrogen) atoms. The summed E-state index contributed by atoms with van der Waals surface area (Å²) in [7, 11) is 1.69. The van der Waals surface area contributed by atoms with Crippen LogP contribution in [0.1, 0.15) is 18.7 Å². The molecule has 0 aliphatic rings. The van der Waals surface area contributed by atoms with E-state index in [-0.39, 0.29) is 12.1 Å². The molecule has 6 heteroatoms. The molecule has 0 amide bonds. The monoisotopic (exact) mass is 327 g/mol. The number of nitrogens with zero attached hydrogens (tertiary/aromatic N) is 2. The lowest BCUT2D eigenvalue weighted by molar-refractivity contribution is 0.150. The van der Waals surface area contributed by atoms with Gasteiger partial charge in [-0.3, -0.25) is 4.68 Å². The Bertz CT molecular complexity index is 484. The molecule has 0 aliphatic heterocycles. The van der Waals surface area contributed by atoms with Crippen LogP contribution in [0.5, 0.6) is 0 Å². The molecule has 0 spiro atoms. The van der Waals surface area contributed by atoms with Gasteiger partial charge in [-0.15, -0.1) is 0 Å². The van der Waals surface area contributed by atoms with Crippen molar-refractivity contribution in [2.45, 2.75) is 25.6 Å². The van der Waals surface area contributed by atoms with E-state index in [4.69, 9.17) is 9.15 Å². The fraction of sp³-hybridized carbons (Fsp3) is 0.462. The molecule has 0 radical (unpaired) electrons. The van der Waals surface area contributed by atoms with Gasteiger partial charge in [-0.05, 0) is 35.0 Å². The number of halogens is 1. The molecule has 1 N–H and O–H groups in total. The minimum absolute atomic E-state index is 0.0500. The number of methoxy groups -OCH3 is 1. The Labute approximate surface area is 121 Å². The van der Waals surface area contributed by atoms with Gasteiger partial charge in [-0.25, -0.2) is 0 Å². The van der Waals surface area contributed by atoms with Gasteiger partial charge in [0.15, 0.2) is 0 Å². The first-order valence-corrected chi connectivity index (χ1v) is 6.94. The minimum atomic E-state index is 0.0500. The van der Waals surface area contributed by atoms with Crippen LogP contribution in [0.2, 0.25) is 0 Å². The van der Waals surface area contributed by atoms with E-state index in [9.17, 15) is 0 Å². The second-order valence-electron chi connectivity index (χ2n) is 4.47. The Balaban J connectivity index is 1.93. The minimum Gasteiger partial charge on any atom is -0.468 e. The van der Waals surface area contributed by atoms with Crippen molar-refractivity contribution >= 4 is 15.9 Å². The summed E-state index contributed by atoms with van der Waals surface area (Å²) in [5.41, 5.74) is 0. The molecule has 2 rings (SSSR count). The van der Waals surface area contributed by atoms with Crippen LogP contribution in [0.3, 0.4) is 0 Å². The van der Waals surface area contributed by atoms with Gasteiger partial charge in [0, 0.05) is 19.3 Å². The number of hydrogen-bond acceptors (Lipinski definition) is 4. The maximum atomic E-state index is 5.43. The molecule has 0 saturated carbocycles. The second-order valence-corrected chi connectivity index (χ2v) is 5.39. The van der Waals surface area contributed by atoms with Crippen molar-refractivity contribution in [2.24, 2.45) is 0 Å². The van der Waals surface area contributed by atoms with Gasteiger partial charge in [-0.1, -0.05) is 0 Å². The Morgan fingerprint density at radius 3 is 3.00 bits per heavy atom. The fourth-order valence-electron chi connectivity index (χ4n) is 1.98. The summed E-state index contributed by atoms with van der Waals surface area (Å²) in [6, 6.07) is 4.13. The summed E-state index contributed by atoms with van der Waals surface area (Å²) < 4.78 is 13.5. The van der Waals surface area contributed by atoms with E-state index in [0.717, 1.165) is 16.8 Å². The van der Waals surface area contributed by atoms with Crippen LogP contribution in [0, 0.1) is 0 Å². The first-order valence-electron chi connectivity index (χ1n) is 6.15. The lowest BCUT2D eigenvalue weighted by Crippen LogP contribution is -2.35. The van der Waals surface area contributed by atoms with Gasteiger partial charge >= 0.3 is 0 Å². The highest BCUT2D eigenvalue weighted by atomic mass is 79.9. The Hall–Kier alpha value is -1.11. The molecular weight excluding hydrogens is 310 g/mol. The summed E-state index contributed by atoms with van der Waals surface area (Å²) in [6.45, 7) is 3.47. The maximum Gasteiger partial charge on any atom is 0.123 e. The van der Waals surface area contributed by atoms with Gasteiger partial charge in [0.2, 0.25) is 0 Å². The lowest BCUT2D eigenvalue weighted by atomic mass is 10.2. The van der Waals surface area contributed by atoms with Crippen molar-refractivity contribution < 1.29 is 9.15 Å². The molecule has 5 nitrogen and oxygen atoms in total. The predicted molar refractivity (Wildman–Crippen MR) is 75.8 cm³/mol. The molecule has 104 valence electrons. The lowest BCUT2D eigenvalue weighted by Gasteiger charge is -2.21. The number of ether oxygens (including phenoxy) is 1. The summed E-state index contributed by atoms with van der Waals surface area (Å²) >= 11 is 3.39. The number of furan rings is 1. The summed E-state index contributed by atoms with van der Waals surface area (Å²) in [5.74, 6) is 0.885. The van der Waals surface area contributed by atoms with Gasteiger partial charge in [-0.2, -0.15) is 5.10 Å². The molecule has 2 heterocycles. The van der Waals surface area contributed by atoms with Crippen LogP contribution >= 0.6 is 15.9 Å². The van der Waals surface area contributed by atoms with Gasteiger partial charge < -0.3 is 14.5 Å². The number of hydrogen-bond donors (Lipinski definition) is 1. The smallest absolute Gasteiger partial charge is 0.123 e. The van der Waals surface area contributed by atoms with Crippen LogP contribution < -0.4 is 5.32 Å². The first-order chi connectivity index (χ1) is 9.19. The standard InChI is InChI=1S/C13H18BrN3O2/c1-10(7-17-8-11(14)6-15-17)16-12(9-18-2)13-4-3-5-19-13/h3-6,8,10,12,16H,7,9H2,1-2H3/t10-,12+/m0/s1. The summed E-state index contributed by atoms with van der Waals surface area (Å²) in [4.78, 5) is 0. The average molecular weight is 328 g/mol. The molecule has 2 atom stereocenters. The van der Waals surface area contributed by atoms with E-state index >= 15 is 0 Å². The third-order valence-corrected chi connectivity index (χ3v) is 3.18. The van der Waals surface area contributed by atoms with E-state index in [1.807, 2.05) is 23.0 Å². The Kier molecular flexibility index (Phi) is 5.18. The molecule has 2 aromatic heterocycles. The number of aromatic nitrogens is 2. The number of rotatable bonds is 7. The van der Waals surface area contributed by atoms with E-state index < -0.39 is 0 Å².